The molecule has 3 aromatic rings. The van der Waals surface area contributed by atoms with E-state index in [1.807, 2.05) is 24.4 Å². The maximum Gasteiger partial charge on any atom is 0.163 e. The number of nitrogens with zero attached hydrogens (tertiary/aromatic N) is 4. The Bertz CT molecular complexity index is 1090. The fraction of sp³-hybridized carbons (Fsp3) is 0.458. The number of rotatable bonds is 11. The molecule has 2 aromatic heterocycles. The number of nitrogens with one attached hydrogen (secondary N) is 1. The van der Waals surface area contributed by atoms with E-state index >= 15 is 0 Å². The van der Waals surface area contributed by atoms with Gasteiger partial charge in [0.1, 0.15) is 28.4 Å². The number of aromatic nitrogens is 4. The van der Waals surface area contributed by atoms with Gasteiger partial charge in [0.15, 0.2) is 5.69 Å². The molecule has 1 N–H and O–H groups in total. The fourth-order valence-corrected chi connectivity index (χ4v) is 3.40. The fourth-order valence-electron chi connectivity index (χ4n) is 3.21. The van der Waals surface area contributed by atoms with E-state index < -0.39 is 0 Å². The second-order valence-electron chi connectivity index (χ2n) is 7.34. The monoisotopic (exact) mass is 455 g/mol. The van der Waals surface area contributed by atoms with Gasteiger partial charge in [-0.2, -0.15) is 4.79 Å². The maximum atomic E-state index is 5.76. The molecular weight excluding hydrogens is 426 g/mol. The summed E-state index contributed by atoms with van der Waals surface area (Å²) >= 11 is 5.76. The van der Waals surface area contributed by atoms with Crippen molar-refractivity contribution < 1.29 is 9.47 Å². The highest BCUT2D eigenvalue weighted by Gasteiger charge is 2.13. The number of hydrogen-bond acceptors (Lipinski definition) is 6. The van der Waals surface area contributed by atoms with E-state index in [2.05, 4.69) is 34.3 Å². The van der Waals surface area contributed by atoms with Crippen LogP contribution in [-0.2, 0) is 13.0 Å². The molecular formula is C24H30ClN5O2. The molecule has 0 spiro atoms. The number of hydrogen-bond donors (Lipinski definition) is 1. The Balaban J connectivity index is 1.87. The number of ether oxygens (including phenoxy) is 2. The molecule has 0 amide bonds. The SMILES string of the molecule is CCCCc1ncc2c(n1)c(C#CCCCCCl)nn2NCc1ccc(OC)cc1OC. The first kappa shape index (κ1) is 23.7. The van der Waals surface area contributed by atoms with Crippen molar-refractivity contribution in [1.82, 2.24) is 19.9 Å². The Hall–Kier alpha value is -2.98. The topological polar surface area (TPSA) is 74.1 Å². The van der Waals surface area contributed by atoms with Gasteiger partial charge in [-0.3, -0.25) is 0 Å². The third kappa shape index (κ3) is 6.04. The largest absolute Gasteiger partial charge is 0.497 e. The van der Waals surface area contributed by atoms with Crippen molar-refractivity contribution in [3.63, 3.8) is 0 Å². The molecule has 0 saturated heterocycles. The summed E-state index contributed by atoms with van der Waals surface area (Å²) in [6, 6.07) is 5.73. The normalized spacial score (nSPS) is 10.6. The third-order valence-corrected chi connectivity index (χ3v) is 5.30. The summed E-state index contributed by atoms with van der Waals surface area (Å²) in [6.07, 6.45) is 7.52. The van der Waals surface area contributed by atoms with Gasteiger partial charge in [-0.05, 0) is 37.3 Å². The lowest BCUT2D eigenvalue weighted by Gasteiger charge is -2.12. The Kier molecular flexibility index (Phi) is 9.00. The molecule has 0 fully saturated rings. The molecule has 0 atom stereocenters. The van der Waals surface area contributed by atoms with Crippen LogP contribution in [0.25, 0.3) is 11.0 Å². The average Bonchev–Trinajstić information content (AvgIpc) is 3.17. The lowest BCUT2D eigenvalue weighted by molar-refractivity contribution is 0.391. The number of methoxy groups -OCH3 is 2. The number of benzene rings is 1. The zero-order chi connectivity index (χ0) is 22.8. The van der Waals surface area contributed by atoms with Gasteiger partial charge < -0.3 is 14.9 Å². The summed E-state index contributed by atoms with van der Waals surface area (Å²) in [5, 5.41) is 4.67. The average molecular weight is 456 g/mol. The summed E-state index contributed by atoms with van der Waals surface area (Å²) in [5.41, 5.74) is 6.52. The van der Waals surface area contributed by atoms with Gasteiger partial charge in [-0.1, -0.05) is 19.3 Å². The van der Waals surface area contributed by atoms with Crippen LogP contribution in [0.3, 0.4) is 0 Å². The molecule has 0 radical (unpaired) electrons. The Labute approximate surface area is 194 Å². The van der Waals surface area contributed by atoms with Crippen LogP contribution in [0.15, 0.2) is 24.4 Å². The van der Waals surface area contributed by atoms with E-state index in [4.69, 9.17) is 26.1 Å². The second-order valence-corrected chi connectivity index (χ2v) is 7.72. The molecule has 0 aliphatic rings. The highest BCUT2D eigenvalue weighted by Crippen LogP contribution is 2.25. The van der Waals surface area contributed by atoms with Crippen molar-refractivity contribution in [3.05, 3.63) is 41.5 Å². The zero-order valence-corrected chi connectivity index (χ0v) is 19.7. The van der Waals surface area contributed by atoms with Crippen LogP contribution in [0, 0.1) is 11.8 Å². The van der Waals surface area contributed by atoms with E-state index in [1.54, 1.807) is 19.0 Å². The highest BCUT2D eigenvalue weighted by molar-refractivity contribution is 6.17. The lowest BCUT2D eigenvalue weighted by atomic mass is 10.2. The molecule has 0 saturated carbocycles. The van der Waals surface area contributed by atoms with Gasteiger partial charge in [-0.15, -0.1) is 16.7 Å². The van der Waals surface area contributed by atoms with Gasteiger partial charge in [0.2, 0.25) is 0 Å². The number of fused-ring (bicyclic) bond motifs is 1. The first-order valence-electron chi connectivity index (χ1n) is 10.9. The van der Waals surface area contributed by atoms with Gasteiger partial charge >= 0.3 is 0 Å². The quantitative estimate of drug-likeness (QED) is 0.257. The molecule has 32 heavy (non-hydrogen) atoms. The predicted octanol–water partition coefficient (Wildman–Crippen LogP) is 4.69. The lowest BCUT2D eigenvalue weighted by Crippen LogP contribution is -2.16. The second kappa shape index (κ2) is 12.2. The number of halogens is 1. The van der Waals surface area contributed by atoms with Crippen LogP contribution in [0.1, 0.15) is 56.1 Å². The van der Waals surface area contributed by atoms with Crippen molar-refractivity contribution in [2.24, 2.45) is 0 Å². The van der Waals surface area contributed by atoms with E-state index in [0.29, 0.717) is 18.1 Å². The molecule has 2 heterocycles. The number of alkyl halides is 1. The van der Waals surface area contributed by atoms with E-state index in [0.717, 1.165) is 72.4 Å². The van der Waals surface area contributed by atoms with Crippen molar-refractivity contribution in [1.29, 1.82) is 0 Å². The molecule has 0 aliphatic heterocycles. The van der Waals surface area contributed by atoms with Crippen molar-refractivity contribution in [3.8, 4) is 23.3 Å². The first-order chi connectivity index (χ1) is 15.7. The van der Waals surface area contributed by atoms with Gasteiger partial charge in [0.05, 0.1) is 27.0 Å². The Morgan fingerprint density at radius 1 is 1.16 bits per heavy atom. The molecule has 0 aliphatic carbocycles. The molecule has 170 valence electrons. The summed E-state index contributed by atoms with van der Waals surface area (Å²) < 4.78 is 10.8. The van der Waals surface area contributed by atoms with Crippen LogP contribution in [0.2, 0.25) is 0 Å². The first-order valence-corrected chi connectivity index (χ1v) is 11.5. The van der Waals surface area contributed by atoms with Gasteiger partial charge in [0, 0.05) is 30.4 Å². The summed E-state index contributed by atoms with van der Waals surface area (Å²) in [4.78, 5) is 11.0. The van der Waals surface area contributed by atoms with E-state index in [-0.39, 0.29) is 0 Å². The van der Waals surface area contributed by atoms with E-state index in [1.165, 1.54) is 0 Å². The smallest absolute Gasteiger partial charge is 0.163 e. The number of aryl methyl sites for hydroxylation is 1. The minimum absolute atomic E-state index is 0.504. The van der Waals surface area contributed by atoms with Crippen molar-refractivity contribution >= 4 is 22.6 Å². The standard InChI is InChI=1S/C24H30ClN5O2/c1-4-5-11-23-26-17-21-24(28-23)20(10-8-6-7-9-14-25)29-30(21)27-16-18-12-13-19(31-2)15-22(18)32-3/h12-13,15,17,27H,4-7,9,11,14,16H2,1-3H3. The highest BCUT2D eigenvalue weighted by atomic mass is 35.5. The van der Waals surface area contributed by atoms with Crippen LogP contribution in [0.5, 0.6) is 11.5 Å². The molecule has 1 aromatic carbocycles. The Morgan fingerprint density at radius 2 is 2.03 bits per heavy atom. The van der Waals surface area contributed by atoms with Crippen LogP contribution < -0.4 is 14.9 Å². The summed E-state index contributed by atoms with van der Waals surface area (Å²) in [7, 11) is 3.28. The molecule has 7 nitrogen and oxygen atoms in total. The van der Waals surface area contributed by atoms with Gasteiger partial charge in [0.25, 0.3) is 0 Å². The van der Waals surface area contributed by atoms with Crippen molar-refractivity contribution in [2.45, 2.75) is 52.0 Å². The van der Waals surface area contributed by atoms with Crippen LogP contribution in [-0.4, -0.2) is 40.0 Å². The molecule has 3 rings (SSSR count). The molecule has 0 bridgehead atoms. The minimum atomic E-state index is 0.504. The van der Waals surface area contributed by atoms with Crippen LogP contribution in [0.4, 0.5) is 0 Å². The summed E-state index contributed by atoms with van der Waals surface area (Å²) in [6.45, 7) is 2.66. The summed E-state index contributed by atoms with van der Waals surface area (Å²) in [5.74, 6) is 9.36. The third-order valence-electron chi connectivity index (χ3n) is 5.03. The van der Waals surface area contributed by atoms with Gasteiger partial charge in [-0.25, -0.2) is 9.97 Å². The number of unbranched alkanes of at least 4 members (excludes halogenated alkanes) is 3. The van der Waals surface area contributed by atoms with Crippen LogP contribution >= 0.6 is 11.6 Å². The predicted molar refractivity (Wildman–Crippen MR) is 128 cm³/mol. The molecule has 8 heteroatoms. The molecule has 0 unspecified atom stereocenters. The Morgan fingerprint density at radius 3 is 2.78 bits per heavy atom. The maximum absolute atomic E-state index is 5.76. The minimum Gasteiger partial charge on any atom is -0.497 e. The van der Waals surface area contributed by atoms with E-state index in [9.17, 15) is 0 Å². The zero-order valence-electron chi connectivity index (χ0n) is 18.9. The van der Waals surface area contributed by atoms with Crippen molar-refractivity contribution in [2.75, 3.05) is 25.5 Å².